The van der Waals surface area contributed by atoms with E-state index in [2.05, 4.69) is 11.4 Å². The number of hydrogen-bond donors (Lipinski definition) is 1. The minimum absolute atomic E-state index is 0.0227. The number of carbonyl (C=O) groups excluding carboxylic acids is 1. The molecular weight excluding hydrogens is 262 g/mol. The van der Waals surface area contributed by atoms with E-state index in [-0.39, 0.29) is 11.8 Å². The third-order valence-electron chi connectivity index (χ3n) is 3.74. The van der Waals surface area contributed by atoms with E-state index >= 15 is 0 Å². The number of amides is 1. The molecule has 3 rings (SSSR count). The SMILES string of the molecule is Cc1cc(C)cc(NC(=O)[C@H]2COc3ccccc3C2)c1. The quantitative estimate of drug-likeness (QED) is 0.915. The first-order valence-corrected chi connectivity index (χ1v) is 7.22. The van der Waals surface area contributed by atoms with E-state index in [9.17, 15) is 4.79 Å². The molecule has 0 unspecified atom stereocenters. The highest BCUT2D eigenvalue weighted by Gasteiger charge is 2.25. The van der Waals surface area contributed by atoms with Crippen LogP contribution < -0.4 is 10.1 Å². The fourth-order valence-electron chi connectivity index (χ4n) is 2.79. The smallest absolute Gasteiger partial charge is 0.231 e. The standard InChI is InChI=1S/C18H19NO2/c1-12-7-13(2)9-16(8-12)19-18(20)15-10-14-5-3-4-6-17(14)21-11-15/h3-9,15H,10-11H2,1-2H3,(H,19,20)/t15-/m1/s1. The van der Waals surface area contributed by atoms with Crippen LogP contribution in [0.4, 0.5) is 5.69 Å². The van der Waals surface area contributed by atoms with E-state index in [0.717, 1.165) is 34.5 Å². The lowest BCUT2D eigenvalue weighted by Crippen LogP contribution is -2.32. The first-order valence-electron chi connectivity index (χ1n) is 7.22. The van der Waals surface area contributed by atoms with Crippen LogP contribution in [0.15, 0.2) is 42.5 Å². The minimum Gasteiger partial charge on any atom is -0.492 e. The van der Waals surface area contributed by atoms with Crippen molar-refractivity contribution in [2.75, 3.05) is 11.9 Å². The Balaban J connectivity index is 1.72. The fourth-order valence-corrected chi connectivity index (χ4v) is 2.79. The highest BCUT2D eigenvalue weighted by atomic mass is 16.5. The Bertz CT molecular complexity index is 658. The van der Waals surface area contributed by atoms with Gasteiger partial charge >= 0.3 is 0 Å². The molecule has 1 aliphatic heterocycles. The van der Waals surface area contributed by atoms with Gasteiger partial charge in [-0.1, -0.05) is 24.3 Å². The molecule has 21 heavy (non-hydrogen) atoms. The molecule has 108 valence electrons. The van der Waals surface area contributed by atoms with Crippen molar-refractivity contribution in [2.24, 2.45) is 5.92 Å². The van der Waals surface area contributed by atoms with E-state index in [1.54, 1.807) is 0 Å². The second-order valence-electron chi connectivity index (χ2n) is 5.69. The summed E-state index contributed by atoms with van der Waals surface area (Å²) < 4.78 is 5.68. The van der Waals surface area contributed by atoms with Crippen molar-refractivity contribution in [3.63, 3.8) is 0 Å². The van der Waals surface area contributed by atoms with Gasteiger partial charge < -0.3 is 10.1 Å². The third kappa shape index (κ3) is 3.07. The maximum absolute atomic E-state index is 12.4. The van der Waals surface area contributed by atoms with Gasteiger partial charge in [-0.05, 0) is 55.2 Å². The number of carbonyl (C=O) groups is 1. The van der Waals surface area contributed by atoms with Gasteiger partial charge in [-0.25, -0.2) is 0 Å². The molecule has 0 saturated heterocycles. The zero-order valence-electron chi connectivity index (χ0n) is 12.3. The zero-order valence-corrected chi connectivity index (χ0v) is 12.3. The van der Waals surface area contributed by atoms with Crippen LogP contribution in [0.2, 0.25) is 0 Å². The summed E-state index contributed by atoms with van der Waals surface area (Å²) in [5.41, 5.74) is 4.26. The van der Waals surface area contributed by atoms with Gasteiger partial charge in [0.15, 0.2) is 0 Å². The van der Waals surface area contributed by atoms with Crippen LogP contribution >= 0.6 is 0 Å². The highest BCUT2D eigenvalue weighted by Crippen LogP contribution is 2.27. The molecule has 1 heterocycles. The monoisotopic (exact) mass is 281 g/mol. The first kappa shape index (κ1) is 13.7. The van der Waals surface area contributed by atoms with Crippen molar-refractivity contribution < 1.29 is 9.53 Å². The van der Waals surface area contributed by atoms with Gasteiger partial charge in [-0.3, -0.25) is 4.79 Å². The molecule has 0 bridgehead atoms. The number of anilines is 1. The Labute approximate surface area is 124 Å². The number of para-hydroxylation sites is 1. The molecule has 0 aliphatic carbocycles. The van der Waals surface area contributed by atoms with Crippen LogP contribution in [-0.2, 0) is 11.2 Å². The molecule has 3 heteroatoms. The van der Waals surface area contributed by atoms with Gasteiger partial charge in [-0.15, -0.1) is 0 Å². The van der Waals surface area contributed by atoms with Crippen LogP contribution in [-0.4, -0.2) is 12.5 Å². The van der Waals surface area contributed by atoms with Crippen LogP contribution in [0, 0.1) is 19.8 Å². The van der Waals surface area contributed by atoms with Gasteiger partial charge in [0.1, 0.15) is 12.4 Å². The van der Waals surface area contributed by atoms with E-state index in [1.165, 1.54) is 0 Å². The maximum Gasteiger partial charge on any atom is 0.231 e. The normalized spacial score (nSPS) is 16.8. The van der Waals surface area contributed by atoms with Crippen LogP contribution in [0.3, 0.4) is 0 Å². The lowest BCUT2D eigenvalue weighted by atomic mass is 9.96. The lowest BCUT2D eigenvalue weighted by Gasteiger charge is -2.24. The van der Waals surface area contributed by atoms with Crippen LogP contribution in [0.5, 0.6) is 5.75 Å². The maximum atomic E-state index is 12.4. The van der Waals surface area contributed by atoms with Gasteiger partial charge in [0.25, 0.3) is 0 Å². The minimum atomic E-state index is -0.138. The Morgan fingerprint density at radius 3 is 2.62 bits per heavy atom. The summed E-state index contributed by atoms with van der Waals surface area (Å²) in [6, 6.07) is 14.0. The predicted molar refractivity (Wildman–Crippen MR) is 83.7 cm³/mol. The molecule has 0 aromatic heterocycles. The molecule has 0 radical (unpaired) electrons. The van der Waals surface area contributed by atoms with Gasteiger partial charge in [0.2, 0.25) is 5.91 Å². The Hall–Kier alpha value is -2.29. The summed E-state index contributed by atoms with van der Waals surface area (Å²) in [5.74, 6) is 0.781. The summed E-state index contributed by atoms with van der Waals surface area (Å²) in [5, 5.41) is 3.01. The molecule has 2 aromatic carbocycles. The topological polar surface area (TPSA) is 38.3 Å². The zero-order chi connectivity index (χ0) is 14.8. The molecule has 1 aliphatic rings. The van der Waals surface area contributed by atoms with Gasteiger partial charge in [0, 0.05) is 5.69 Å². The molecule has 1 N–H and O–H groups in total. The number of hydrogen-bond acceptors (Lipinski definition) is 2. The number of aryl methyl sites for hydroxylation is 2. The first-order chi connectivity index (χ1) is 10.1. The second-order valence-corrected chi connectivity index (χ2v) is 5.69. The number of ether oxygens (including phenoxy) is 1. The van der Waals surface area contributed by atoms with Crippen molar-refractivity contribution in [3.8, 4) is 5.75 Å². The molecule has 1 amide bonds. The van der Waals surface area contributed by atoms with E-state index in [0.29, 0.717) is 6.61 Å². The van der Waals surface area contributed by atoms with Gasteiger partial charge in [0.05, 0.1) is 5.92 Å². The summed E-state index contributed by atoms with van der Waals surface area (Å²) in [6.45, 7) is 4.50. The van der Waals surface area contributed by atoms with E-state index in [1.807, 2.05) is 50.2 Å². The molecule has 0 saturated carbocycles. The van der Waals surface area contributed by atoms with Crippen molar-refractivity contribution in [1.29, 1.82) is 0 Å². The van der Waals surface area contributed by atoms with Crippen LogP contribution in [0.25, 0.3) is 0 Å². The summed E-state index contributed by atoms with van der Waals surface area (Å²) in [4.78, 5) is 12.4. The van der Waals surface area contributed by atoms with Crippen LogP contribution in [0.1, 0.15) is 16.7 Å². The number of nitrogens with one attached hydrogen (secondary N) is 1. The molecular formula is C18H19NO2. The van der Waals surface area contributed by atoms with E-state index in [4.69, 9.17) is 4.74 Å². The second kappa shape index (κ2) is 5.60. The summed E-state index contributed by atoms with van der Waals surface area (Å²) >= 11 is 0. The Kier molecular flexibility index (Phi) is 3.65. The molecule has 2 aromatic rings. The average molecular weight is 281 g/mol. The van der Waals surface area contributed by atoms with E-state index < -0.39 is 0 Å². The number of rotatable bonds is 2. The molecule has 0 spiro atoms. The Morgan fingerprint density at radius 2 is 1.86 bits per heavy atom. The Morgan fingerprint density at radius 1 is 1.14 bits per heavy atom. The van der Waals surface area contributed by atoms with Gasteiger partial charge in [-0.2, -0.15) is 0 Å². The number of benzene rings is 2. The summed E-state index contributed by atoms with van der Waals surface area (Å²) in [7, 11) is 0. The summed E-state index contributed by atoms with van der Waals surface area (Å²) in [6.07, 6.45) is 0.729. The van der Waals surface area contributed by atoms with Crippen molar-refractivity contribution in [2.45, 2.75) is 20.3 Å². The molecule has 3 nitrogen and oxygen atoms in total. The third-order valence-corrected chi connectivity index (χ3v) is 3.74. The predicted octanol–water partition coefficient (Wildman–Crippen LogP) is 3.49. The molecule has 0 fully saturated rings. The lowest BCUT2D eigenvalue weighted by molar-refractivity contribution is -0.121. The molecule has 1 atom stereocenters. The average Bonchev–Trinajstić information content (AvgIpc) is 2.45. The number of fused-ring (bicyclic) bond motifs is 1. The van der Waals surface area contributed by atoms with Crippen molar-refractivity contribution in [3.05, 3.63) is 59.2 Å². The highest BCUT2D eigenvalue weighted by molar-refractivity contribution is 5.93. The van der Waals surface area contributed by atoms with Crippen molar-refractivity contribution >= 4 is 11.6 Å². The van der Waals surface area contributed by atoms with Crippen molar-refractivity contribution in [1.82, 2.24) is 0 Å². The largest absolute Gasteiger partial charge is 0.492 e. The fraction of sp³-hybridized carbons (Fsp3) is 0.278.